The van der Waals surface area contributed by atoms with Crippen LogP contribution in [0.25, 0.3) is 0 Å². The zero-order valence-electron chi connectivity index (χ0n) is 18.5. The minimum absolute atomic E-state index is 0.0237. The molecular formula is C25H34N2O4. The summed E-state index contributed by atoms with van der Waals surface area (Å²) in [6, 6.07) is 13.6. The lowest BCUT2D eigenvalue weighted by molar-refractivity contribution is -0.142. The molecule has 1 atom stereocenters. The van der Waals surface area contributed by atoms with Gasteiger partial charge in [0.2, 0.25) is 11.8 Å². The summed E-state index contributed by atoms with van der Waals surface area (Å²) in [6.45, 7) is 4.25. The van der Waals surface area contributed by atoms with Gasteiger partial charge in [0, 0.05) is 26.1 Å². The lowest BCUT2D eigenvalue weighted by Gasteiger charge is -2.29. The van der Waals surface area contributed by atoms with E-state index in [1.807, 2.05) is 42.5 Å². The number of amides is 2. The number of nitrogens with zero attached hydrogens (tertiary/aromatic N) is 2. The predicted molar refractivity (Wildman–Crippen MR) is 119 cm³/mol. The number of hydrogen-bond acceptors (Lipinski definition) is 4. The maximum atomic E-state index is 13.3. The van der Waals surface area contributed by atoms with Crippen LogP contribution < -0.4 is 0 Å². The van der Waals surface area contributed by atoms with Gasteiger partial charge < -0.3 is 19.0 Å². The molecular weight excluding hydrogens is 392 g/mol. The standard InChI is InChI=1S/C25H34N2O4/c1-2-3-5-14-24(28)27(19-23-13-9-16-31-23)20-25(29)26(18-22-12-8-15-30-22)17-21-10-6-4-7-11-21/h4,6-8,10-12,15,23H,2-3,5,9,13-14,16-20H2,1H3/t23-/m0/s1. The molecule has 1 saturated heterocycles. The molecule has 0 bridgehead atoms. The summed E-state index contributed by atoms with van der Waals surface area (Å²) in [4.78, 5) is 29.7. The predicted octanol–water partition coefficient (Wildman–Crippen LogP) is 4.40. The highest BCUT2D eigenvalue weighted by Crippen LogP contribution is 2.16. The van der Waals surface area contributed by atoms with E-state index >= 15 is 0 Å². The van der Waals surface area contributed by atoms with E-state index in [2.05, 4.69) is 6.92 Å². The van der Waals surface area contributed by atoms with E-state index in [1.165, 1.54) is 0 Å². The van der Waals surface area contributed by atoms with E-state index in [-0.39, 0.29) is 24.5 Å². The molecule has 1 aromatic heterocycles. The van der Waals surface area contributed by atoms with E-state index in [0.717, 1.165) is 50.0 Å². The first-order chi connectivity index (χ1) is 15.2. The molecule has 0 spiro atoms. The molecule has 2 aromatic rings. The Hall–Kier alpha value is -2.60. The van der Waals surface area contributed by atoms with Crippen LogP contribution in [0.5, 0.6) is 0 Å². The van der Waals surface area contributed by atoms with Crippen molar-refractivity contribution in [3.05, 3.63) is 60.1 Å². The highest BCUT2D eigenvalue weighted by molar-refractivity contribution is 5.84. The molecule has 2 heterocycles. The van der Waals surface area contributed by atoms with Gasteiger partial charge in [-0.05, 0) is 37.0 Å². The minimum Gasteiger partial charge on any atom is -0.467 e. The van der Waals surface area contributed by atoms with Crippen LogP contribution in [0.1, 0.15) is 56.8 Å². The van der Waals surface area contributed by atoms with Gasteiger partial charge in [-0.25, -0.2) is 0 Å². The minimum atomic E-state index is -0.0814. The van der Waals surface area contributed by atoms with Gasteiger partial charge in [0.15, 0.2) is 0 Å². The molecule has 1 aromatic carbocycles. The monoisotopic (exact) mass is 426 g/mol. The maximum Gasteiger partial charge on any atom is 0.242 e. The average Bonchev–Trinajstić information content (AvgIpc) is 3.48. The molecule has 6 heteroatoms. The maximum absolute atomic E-state index is 13.3. The van der Waals surface area contributed by atoms with Crippen molar-refractivity contribution in [1.82, 2.24) is 9.80 Å². The van der Waals surface area contributed by atoms with Gasteiger partial charge in [0.1, 0.15) is 5.76 Å². The SMILES string of the molecule is CCCCCC(=O)N(CC(=O)N(Cc1ccccc1)Cc1ccco1)C[C@@H]1CCCO1. The molecule has 0 aliphatic carbocycles. The summed E-state index contributed by atoms with van der Waals surface area (Å²) in [5.41, 5.74) is 1.04. The quantitative estimate of drug-likeness (QED) is 0.472. The second kappa shape index (κ2) is 12.3. The Morgan fingerprint density at radius 1 is 1.00 bits per heavy atom. The van der Waals surface area contributed by atoms with Crippen molar-refractivity contribution in [2.45, 2.75) is 64.6 Å². The Kier molecular flexibility index (Phi) is 9.16. The normalized spacial score (nSPS) is 15.7. The highest BCUT2D eigenvalue weighted by atomic mass is 16.5. The van der Waals surface area contributed by atoms with Crippen LogP contribution in [0, 0.1) is 0 Å². The second-order valence-corrected chi connectivity index (χ2v) is 8.18. The van der Waals surface area contributed by atoms with Crippen LogP contribution in [0.2, 0.25) is 0 Å². The fourth-order valence-corrected chi connectivity index (χ4v) is 3.86. The zero-order valence-corrected chi connectivity index (χ0v) is 18.5. The summed E-state index contributed by atoms with van der Waals surface area (Å²) in [5.74, 6) is 0.682. The molecule has 0 unspecified atom stereocenters. The summed E-state index contributed by atoms with van der Waals surface area (Å²) < 4.78 is 11.2. The first-order valence-corrected chi connectivity index (χ1v) is 11.4. The number of rotatable bonds is 12. The number of hydrogen-bond donors (Lipinski definition) is 0. The molecule has 3 rings (SSSR count). The van der Waals surface area contributed by atoms with Crippen molar-refractivity contribution in [1.29, 1.82) is 0 Å². The van der Waals surface area contributed by atoms with Gasteiger partial charge in [-0.15, -0.1) is 0 Å². The largest absolute Gasteiger partial charge is 0.467 e. The molecule has 1 aliphatic rings. The van der Waals surface area contributed by atoms with Crippen molar-refractivity contribution in [2.75, 3.05) is 19.7 Å². The van der Waals surface area contributed by atoms with Crippen LogP contribution >= 0.6 is 0 Å². The van der Waals surface area contributed by atoms with Gasteiger partial charge in [0.25, 0.3) is 0 Å². The van der Waals surface area contributed by atoms with Gasteiger partial charge >= 0.3 is 0 Å². The number of ether oxygens (including phenoxy) is 1. The Morgan fingerprint density at radius 2 is 1.84 bits per heavy atom. The van der Waals surface area contributed by atoms with Crippen LogP contribution in [-0.2, 0) is 27.4 Å². The third kappa shape index (κ3) is 7.55. The number of carbonyl (C=O) groups is 2. The van der Waals surface area contributed by atoms with Gasteiger partial charge in [-0.2, -0.15) is 0 Å². The third-order valence-corrected chi connectivity index (χ3v) is 5.62. The topological polar surface area (TPSA) is 63.0 Å². The molecule has 1 fully saturated rings. The number of unbranched alkanes of at least 4 members (excludes halogenated alkanes) is 2. The lowest BCUT2D eigenvalue weighted by Crippen LogP contribution is -2.45. The first-order valence-electron chi connectivity index (χ1n) is 11.4. The molecule has 168 valence electrons. The number of carbonyl (C=O) groups excluding carboxylic acids is 2. The van der Waals surface area contributed by atoms with E-state index < -0.39 is 0 Å². The fraction of sp³-hybridized carbons (Fsp3) is 0.520. The smallest absolute Gasteiger partial charge is 0.242 e. The third-order valence-electron chi connectivity index (χ3n) is 5.62. The summed E-state index contributed by atoms with van der Waals surface area (Å²) in [5, 5.41) is 0. The lowest BCUT2D eigenvalue weighted by atomic mass is 10.1. The molecule has 0 radical (unpaired) electrons. The Labute approximate surface area is 185 Å². The Morgan fingerprint density at radius 3 is 2.52 bits per heavy atom. The number of benzene rings is 1. The van der Waals surface area contributed by atoms with Crippen LogP contribution in [0.15, 0.2) is 53.1 Å². The van der Waals surface area contributed by atoms with Gasteiger partial charge in [0.05, 0.1) is 25.5 Å². The van der Waals surface area contributed by atoms with Crippen molar-refractivity contribution >= 4 is 11.8 Å². The summed E-state index contributed by atoms with van der Waals surface area (Å²) in [7, 11) is 0. The molecule has 2 amide bonds. The van der Waals surface area contributed by atoms with Gasteiger partial charge in [-0.1, -0.05) is 50.1 Å². The average molecular weight is 427 g/mol. The van der Waals surface area contributed by atoms with E-state index in [9.17, 15) is 9.59 Å². The second-order valence-electron chi connectivity index (χ2n) is 8.18. The first kappa shape index (κ1) is 23.1. The van der Waals surface area contributed by atoms with Gasteiger partial charge in [-0.3, -0.25) is 9.59 Å². The highest BCUT2D eigenvalue weighted by Gasteiger charge is 2.26. The van der Waals surface area contributed by atoms with E-state index in [0.29, 0.717) is 26.1 Å². The summed E-state index contributed by atoms with van der Waals surface area (Å²) in [6.07, 6.45) is 6.99. The molecule has 31 heavy (non-hydrogen) atoms. The van der Waals surface area contributed by atoms with E-state index in [4.69, 9.17) is 9.15 Å². The van der Waals surface area contributed by atoms with Crippen LogP contribution in [0.4, 0.5) is 0 Å². The number of furan rings is 1. The fourth-order valence-electron chi connectivity index (χ4n) is 3.86. The molecule has 0 saturated carbocycles. The zero-order chi connectivity index (χ0) is 21.9. The Balaban J connectivity index is 1.69. The van der Waals surface area contributed by atoms with Crippen molar-refractivity contribution in [3.63, 3.8) is 0 Å². The van der Waals surface area contributed by atoms with Crippen LogP contribution in [0.3, 0.4) is 0 Å². The van der Waals surface area contributed by atoms with Crippen molar-refractivity contribution in [3.8, 4) is 0 Å². The van der Waals surface area contributed by atoms with Crippen molar-refractivity contribution in [2.24, 2.45) is 0 Å². The van der Waals surface area contributed by atoms with Crippen LogP contribution in [-0.4, -0.2) is 47.4 Å². The van der Waals surface area contributed by atoms with E-state index in [1.54, 1.807) is 16.1 Å². The summed E-state index contributed by atoms with van der Waals surface area (Å²) >= 11 is 0. The Bertz CT molecular complexity index is 785. The molecule has 0 N–H and O–H groups in total. The molecule has 6 nitrogen and oxygen atoms in total. The molecule has 1 aliphatic heterocycles. The van der Waals surface area contributed by atoms with Crippen molar-refractivity contribution < 1.29 is 18.7 Å².